The standard InChI is InChI=1S/C27H27ClN4O3/c1-27(22-9-8-20-4-2-3-5-21(20)16-22)25(34)32(26(35)29-27)18-24(33)31-14-12-30(13-15-31)17-19-6-10-23(28)11-7-19/h2-11,16H,12-15,17-18H2,1H3,(H,29,35). The second-order valence-electron chi connectivity index (χ2n) is 9.29. The van der Waals surface area contributed by atoms with Gasteiger partial charge in [-0.15, -0.1) is 0 Å². The van der Waals surface area contributed by atoms with Crippen LogP contribution in [0.1, 0.15) is 18.1 Å². The van der Waals surface area contributed by atoms with Crippen molar-refractivity contribution in [2.24, 2.45) is 0 Å². The molecule has 8 heteroatoms. The first-order valence-electron chi connectivity index (χ1n) is 11.7. The van der Waals surface area contributed by atoms with Gasteiger partial charge in [-0.1, -0.05) is 60.1 Å². The Balaban J connectivity index is 1.21. The summed E-state index contributed by atoms with van der Waals surface area (Å²) < 4.78 is 0. The predicted molar refractivity (Wildman–Crippen MR) is 135 cm³/mol. The van der Waals surface area contributed by atoms with Crippen LogP contribution >= 0.6 is 11.6 Å². The van der Waals surface area contributed by atoms with Gasteiger partial charge in [0.25, 0.3) is 5.91 Å². The molecule has 3 aromatic carbocycles. The lowest BCUT2D eigenvalue weighted by molar-refractivity contribution is -0.139. The second-order valence-corrected chi connectivity index (χ2v) is 9.73. The summed E-state index contributed by atoms with van der Waals surface area (Å²) in [4.78, 5) is 44.1. The zero-order chi connectivity index (χ0) is 24.6. The number of piperazine rings is 1. The monoisotopic (exact) mass is 490 g/mol. The number of fused-ring (bicyclic) bond motifs is 1. The molecule has 35 heavy (non-hydrogen) atoms. The van der Waals surface area contributed by atoms with Crippen molar-refractivity contribution in [3.05, 3.63) is 82.9 Å². The van der Waals surface area contributed by atoms with Gasteiger partial charge in [0.1, 0.15) is 12.1 Å². The molecule has 0 bridgehead atoms. The fraction of sp³-hybridized carbons (Fsp3) is 0.296. The molecule has 1 unspecified atom stereocenters. The molecule has 1 atom stereocenters. The Bertz CT molecular complexity index is 1290. The van der Waals surface area contributed by atoms with Gasteiger partial charge >= 0.3 is 6.03 Å². The van der Waals surface area contributed by atoms with Crippen LogP contribution in [0.2, 0.25) is 5.02 Å². The first kappa shape index (κ1) is 23.3. The SMILES string of the molecule is CC1(c2ccc3ccccc3c2)NC(=O)N(CC(=O)N2CCN(Cc3ccc(Cl)cc3)CC2)C1=O. The molecule has 4 amide bonds. The number of hydrogen-bond acceptors (Lipinski definition) is 4. The minimum absolute atomic E-state index is 0.220. The van der Waals surface area contributed by atoms with Gasteiger partial charge in [-0.25, -0.2) is 4.79 Å². The number of nitrogens with zero attached hydrogens (tertiary/aromatic N) is 3. The second kappa shape index (κ2) is 9.32. The van der Waals surface area contributed by atoms with Crippen LogP contribution in [0.4, 0.5) is 4.79 Å². The number of imide groups is 1. The van der Waals surface area contributed by atoms with Crippen molar-refractivity contribution in [2.75, 3.05) is 32.7 Å². The Morgan fingerprint density at radius 3 is 2.34 bits per heavy atom. The van der Waals surface area contributed by atoms with E-state index in [0.717, 1.165) is 35.3 Å². The van der Waals surface area contributed by atoms with Crippen molar-refractivity contribution in [1.29, 1.82) is 0 Å². The largest absolute Gasteiger partial charge is 0.339 e. The number of benzene rings is 3. The van der Waals surface area contributed by atoms with E-state index in [1.165, 1.54) is 5.56 Å². The number of hydrogen-bond donors (Lipinski definition) is 1. The summed E-state index contributed by atoms with van der Waals surface area (Å²) >= 11 is 5.96. The lowest BCUT2D eigenvalue weighted by Crippen LogP contribution is -2.51. The van der Waals surface area contributed by atoms with Gasteiger partial charge in [0.15, 0.2) is 0 Å². The molecule has 2 saturated heterocycles. The van der Waals surface area contributed by atoms with E-state index in [9.17, 15) is 14.4 Å². The van der Waals surface area contributed by atoms with E-state index in [2.05, 4.69) is 10.2 Å². The number of carbonyl (C=O) groups excluding carboxylic acids is 3. The van der Waals surface area contributed by atoms with E-state index < -0.39 is 17.5 Å². The number of rotatable bonds is 5. The van der Waals surface area contributed by atoms with Gasteiger partial charge in [0, 0.05) is 37.7 Å². The predicted octanol–water partition coefficient (Wildman–Crippen LogP) is 3.60. The third-order valence-electron chi connectivity index (χ3n) is 6.94. The van der Waals surface area contributed by atoms with E-state index in [-0.39, 0.29) is 12.5 Å². The number of nitrogens with one attached hydrogen (secondary N) is 1. The van der Waals surface area contributed by atoms with Crippen LogP contribution in [0.15, 0.2) is 66.7 Å². The molecule has 0 aliphatic carbocycles. The smallest absolute Gasteiger partial charge is 0.325 e. The summed E-state index contributed by atoms with van der Waals surface area (Å²) in [7, 11) is 0. The lowest BCUT2D eigenvalue weighted by atomic mass is 9.90. The average Bonchev–Trinajstić information content (AvgIpc) is 3.09. The lowest BCUT2D eigenvalue weighted by Gasteiger charge is -2.35. The van der Waals surface area contributed by atoms with Crippen molar-refractivity contribution >= 4 is 40.2 Å². The summed E-state index contributed by atoms with van der Waals surface area (Å²) in [5.41, 5.74) is 0.653. The first-order valence-corrected chi connectivity index (χ1v) is 12.1. The summed E-state index contributed by atoms with van der Waals surface area (Å²) in [6, 6.07) is 20.8. The molecule has 0 spiro atoms. The van der Waals surface area contributed by atoms with Crippen LogP contribution in [-0.2, 0) is 21.7 Å². The summed E-state index contributed by atoms with van der Waals surface area (Å²) in [5.74, 6) is -0.630. The van der Waals surface area contributed by atoms with Gasteiger partial charge in [0.05, 0.1) is 0 Å². The van der Waals surface area contributed by atoms with Crippen LogP contribution in [-0.4, -0.2) is 65.3 Å². The van der Waals surface area contributed by atoms with Gasteiger partial charge < -0.3 is 10.2 Å². The van der Waals surface area contributed by atoms with E-state index >= 15 is 0 Å². The highest BCUT2D eigenvalue weighted by molar-refractivity contribution is 6.30. The van der Waals surface area contributed by atoms with E-state index in [0.29, 0.717) is 23.7 Å². The van der Waals surface area contributed by atoms with E-state index in [4.69, 9.17) is 11.6 Å². The van der Waals surface area contributed by atoms with E-state index in [1.54, 1.807) is 11.8 Å². The minimum Gasteiger partial charge on any atom is -0.339 e. The average molecular weight is 491 g/mol. The molecule has 0 aromatic heterocycles. The minimum atomic E-state index is -1.21. The first-order chi connectivity index (χ1) is 16.8. The quantitative estimate of drug-likeness (QED) is 0.555. The zero-order valence-corrected chi connectivity index (χ0v) is 20.3. The maximum atomic E-state index is 13.3. The molecule has 7 nitrogen and oxygen atoms in total. The molecular weight excluding hydrogens is 464 g/mol. The molecule has 180 valence electrons. The highest BCUT2D eigenvalue weighted by Gasteiger charge is 2.49. The van der Waals surface area contributed by atoms with Crippen molar-refractivity contribution in [1.82, 2.24) is 20.0 Å². The fourth-order valence-corrected chi connectivity index (χ4v) is 4.90. The van der Waals surface area contributed by atoms with Crippen LogP contribution < -0.4 is 5.32 Å². The Morgan fingerprint density at radius 1 is 0.943 bits per heavy atom. The van der Waals surface area contributed by atoms with Crippen molar-refractivity contribution in [2.45, 2.75) is 19.0 Å². The molecule has 2 aliphatic rings. The van der Waals surface area contributed by atoms with Crippen LogP contribution in [0.25, 0.3) is 10.8 Å². The highest BCUT2D eigenvalue weighted by Crippen LogP contribution is 2.31. The topological polar surface area (TPSA) is 73.0 Å². The van der Waals surface area contributed by atoms with Crippen molar-refractivity contribution in [3.63, 3.8) is 0 Å². The zero-order valence-electron chi connectivity index (χ0n) is 19.5. The molecule has 2 fully saturated rings. The summed E-state index contributed by atoms with van der Waals surface area (Å²) in [5, 5.41) is 5.56. The Kier molecular flexibility index (Phi) is 6.21. The van der Waals surface area contributed by atoms with Crippen molar-refractivity contribution in [3.8, 4) is 0 Å². The van der Waals surface area contributed by atoms with Crippen LogP contribution in [0.3, 0.4) is 0 Å². The number of carbonyl (C=O) groups is 3. The Morgan fingerprint density at radius 2 is 1.63 bits per heavy atom. The maximum absolute atomic E-state index is 13.3. The van der Waals surface area contributed by atoms with Gasteiger partial charge in [-0.3, -0.25) is 19.4 Å². The molecule has 0 saturated carbocycles. The molecule has 2 heterocycles. The normalized spacial score (nSPS) is 21.0. The Labute approximate surface area is 209 Å². The van der Waals surface area contributed by atoms with Gasteiger partial charge in [-0.05, 0) is 47.0 Å². The van der Waals surface area contributed by atoms with Gasteiger partial charge in [0.2, 0.25) is 5.91 Å². The molecule has 3 aromatic rings. The van der Waals surface area contributed by atoms with E-state index in [1.807, 2.05) is 66.7 Å². The summed E-state index contributed by atoms with van der Waals surface area (Å²) in [6.07, 6.45) is 0. The Hall–Kier alpha value is -3.42. The summed E-state index contributed by atoms with van der Waals surface area (Å²) in [6.45, 7) is 4.78. The third-order valence-corrected chi connectivity index (χ3v) is 7.19. The number of amides is 4. The number of urea groups is 1. The fourth-order valence-electron chi connectivity index (χ4n) is 4.78. The maximum Gasteiger partial charge on any atom is 0.325 e. The van der Waals surface area contributed by atoms with Crippen LogP contribution in [0, 0.1) is 0 Å². The highest BCUT2D eigenvalue weighted by atomic mass is 35.5. The molecular formula is C27H27ClN4O3. The molecule has 5 rings (SSSR count). The number of halogens is 1. The molecule has 2 aliphatic heterocycles. The van der Waals surface area contributed by atoms with Crippen LogP contribution in [0.5, 0.6) is 0 Å². The van der Waals surface area contributed by atoms with Crippen molar-refractivity contribution < 1.29 is 14.4 Å². The third kappa shape index (κ3) is 4.61. The molecule has 0 radical (unpaired) electrons. The van der Waals surface area contributed by atoms with Gasteiger partial charge in [-0.2, -0.15) is 0 Å². The molecule has 1 N–H and O–H groups in total.